The maximum absolute atomic E-state index is 14.9. The number of benzene rings is 2. The van der Waals surface area contributed by atoms with Crippen LogP contribution in [0.2, 0.25) is 0 Å². The second kappa shape index (κ2) is 12.5. The summed E-state index contributed by atoms with van der Waals surface area (Å²) in [5.74, 6) is -2.94. The lowest BCUT2D eigenvalue weighted by molar-refractivity contribution is -0.123. The van der Waals surface area contributed by atoms with Gasteiger partial charge in [-0.05, 0) is 74.0 Å². The first-order valence-corrected chi connectivity index (χ1v) is 12.5. The Morgan fingerprint density at radius 3 is 2.31 bits per heavy atom. The molecule has 0 radical (unpaired) electrons. The predicted octanol–water partition coefficient (Wildman–Crippen LogP) is 3.23. The van der Waals surface area contributed by atoms with Crippen LogP contribution in [0, 0.1) is 17.0 Å². The number of anilines is 2. The van der Waals surface area contributed by atoms with Gasteiger partial charge in [-0.3, -0.25) is 24.6 Å². The zero-order valence-electron chi connectivity index (χ0n) is 21.5. The van der Waals surface area contributed by atoms with E-state index >= 15 is 0 Å². The van der Waals surface area contributed by atoms with E-state index in [4.69, 9.17) is 15.9 Å². The van der Waals surface area contributed by atoms with Crippen molar-refractivity contribution in [2.45, 2.75) is 31.8 Å². The number of rotatable bonds is 9. The lowest BCUT2D eigenvalue weighted by atomic mass is 10.1. The van der Waals surface area contributed by atoms with Crippen LogP contribution in [-0.4, -0.2) is 53.5 Å². The molecule has 3 aromatic rings. The first-order chi connectivity index (χ1) is 18.7. The van der Waals surface area contributed by atoms with E-state index in [0.29, 0.717) is 17.9 Å². The number of nitrogens with two attached hydrogens (primary N) is 1. The highest BCUT2D eigenvalue weighted by Gasteiger charge is 2.22. The lowest BCUT2D eigenvalue weighted by Gasteiger charge is -2.30. The average molecular weight is 540 g/mol. The molecule has 1 aromatic heterocycles. The third kappa shape index (κ3) is 7.39. The number of halogens is 2. The molecule has 0 aliphatic carbocycles. The van der Waals surface area contributed by atoms with E-state index < -0.39 is 29.9 Å². The van der Waals surface area contributed by atoms with Crippen LogP contribution >= 0.6 is 0 Å². The van der Waals surface area contributed by atoms with Crippen LogP contribution in [0.3, 0.4) is 0 Å². The Bertz CT molecular complexity index is 1340. The number of ether oxygens (including phenoxy) is 1. The van der Waals surface area contributed by atoms with E-state index in [2.05, 4.69) is 21.0 Å². The summed E-state index contributed by atoms with van der Waals surface area (Å²) in [7, 11) is 1.71. The number of hydrogen-bond acceptors (Lipinski definition) is 7. The van der Waals surface area contributed by atoms with Crippen molar-refractivity contribution in [3.8, 4) is 5.75 Å². The van der Waals surface area contributed by atoms with Gasteiger partial charge in [-0.15, -0.1) is 0 Å². The van der Waals surface area contributed by atoms with Gasteiger partial charge in [0.2, 0.25) is 17.7 Å². The smallest absolute Gasteiger partial charge is 0.238 e. The quantitative estimate of drug-likeness (QED) is 0.161. The number of nitrogens with zero attached hydrogens (tertiary/aromatic N) is 2. The molecule has 0 unspecified atom stereocenters. The number of aromatic nitrogens is 1. The molecule has 0 atom stereocenters. The van der Waals surface area contributed by atoms with Crippen molar-refractivity contribution < 1.29 is 23.1 Å². The summed E-state index contributed by atoms with van der Waals surface area (Å²) in [5, 5.41) is 13.5. The van der Waals surface area contributed by atoms with Crippen molar-refractivity contribution in [3.63, 3.8) is 0 Å². The van der Waals surface area contributed by atoms with Crippen molar-refractivity contribution in [3.05, 3.63) is 77.6 Å². The normalized spacial score (nSPS) is 14.1. The fourth-order valence-corrected chi connectivity index (χ4v) is 4.30. The van der Waals surface area contributed by atoms with Gasteiger partial charge in [0.05, 0.1) is 0 Å². The van der Waals surface area contributed by atoms with Crippen molar-refractivity contribution in [1.29, 1.82) is 5.41 Å². The van der Waals surface area contributed by atoms with Gasteiger partial charge in [0.15, 0.2) is 11.6 Å². The fraction of sp³-hybridized carbons (Fsp3) is 0.296. The molecule has 1 aliphatic heterocycles. The highest BCUT2D eigenvalue weighted by atomic mass is 19.1. The van der Waals surface area contributed by atoms with Crippen LogP contribution in [0.25, 0.3) is 0 Å². The zero-order valence-corrected chi connectivity index (χ0v) is 21.5. The number of hydrogen-bond donors (Lipinski definition) is 5. The van der Waals surface area contributed by atoms with Crippen LogP contribution in [-0.2, 0) is 16.1 Å². The summed E-state index contributed by atoms with van der Waals surface area (Å²) in [6.45, 7) is 2.31. The Hall–Kier alpha value is -4.29. The lowest BCUT2D eigenvalue weighted by Crippen LogP contribution is -2.39. The molecule has 1 aliphatic rings. The minimum Gasteiger partial charge on any atom is -0.434 e. The summed E-state index contributed by atoms with van der Waals surface area (Å²) in [5.41, 5.74) is 10.8. The van der Waals surface area contributed by atoms with Crippen LogP contribution in [0.15, 0.2) is 54.7 Å². The molecular formula is C27H31F2N7O3. The van der Waals surface area contributed by atoms with E-state index in [1.54, 1.807) is 17.9 Å². The molecule has 4 rings (SSSR count). The van der Waals surface area contributed by atoms with Crippen molar-refractivity contribution >= 4 is 29.1 Å². The molecule has 6 N–H and O–H groups in total. The van der Waals surface area contributed by atoms with Gasteiger partial charge in [-0.2, -0.15) is 0 Å². The standard InChI is InChI=1S/C27H31F2N7O3/c1-32-36-13-8-17(16-35-11-9-19(30)10-12-35)26(36)27(31)39-23-7-6-21(14-22(23)29)34-25(38)15-24(37)33-20-4-2-18(28)3-5-20/h2-8,13-14,19,31-32H,9-12,15-16,30H2,1H3,(H,33,37)(H,34,38). The number of amides is 2. The van der Waals surface area contributed by atoms with E-state index in [9.17, 15) is 18.4 Å². The Morgan fingerprint density at radius 2 is 1.67 bits per heavy atom. The zero-order chi connectivity index (χ0) is 27.9. The second-order valence-electron chi connectivity index (χ2n) is 9.25. The summed E-state index contributed by atoms with van der Waals surface area (Å²) in [6, 6.07) is 11.0. The first kappa shape index (κ1) is 27.7. The summed E-state index contributed by atoms with van der Waals surface area (Å²) in [4.78, 5) is 26.6. The number of likely N-dealkylation sites (tertiary alicyclic amines) is 1. The topological polar surface area (TPSA) is 138 Å². The number of piperidine rings is 1. The van der Waals surface area contributed by atoms with E-state index in [-0.39, 0.29) is 23.4 Å². The first-order valence-electron chi connectivity index (χ1n) is 12.5. The molecule has 2 amide bonds. The molecule has 12 heteroatoms. The summed E-state index contributed by atoms with van der Waals surface area (Å²) >= 11 is 0. The minimum absolute atomic E-state index is 0.119. The second-order valence-corrected chi connectivity index (χ2v) is 9.25. The van der Waals surface area contributed by atoms with Crippen molar-refractivity contribution in [1.82, 2.24) is 9.58 Å². The fourth-order valence-electron chi connectivity index (χ4n) is 4.30. The predicted molar refractivity (Wildman–Crippen MR) is 144 cm³/mol. The molecule has 1 fully saturated rings. The molecule has 0 spiro atoms. The number of nitrogens with one attached hydrogen (secondary N) is 4. The van der Waals surface area contributed by atoms with Gasteiger partial charge in [0, 0.05) is 43.3 Å². The maximum Gasteiger partial charge on any atom is 0.238 e. The number of carbonyl (C=O) groups is 2. The van der Waals surface area contributed by atoms with Crippen LogP contribution in [0.1, 0.15) is 30.5 Å². The highest BCUT2D eigenvalue weighted by molar-refractivity contribution is 6.08. The minimum atomic E-state index is -0.789. The third-order valence-electron chi connectivity index (χ3n) is 6.33. The molecule has 1 saturated heterocycles. The maximum atomic E-state index is 14.9. The van der Waals surface area contributed by atoms with Crippen LogP contribution < -0.4 is 26.5 Å². The molecule has 0 saturated carbocycles. The van der Waals surface area contributed by atoms with Gasteiger partial charge in [0.25, 0.3) is 0 Å². The van der Waals surface area contributed by atoms with Gasteiger partial charge in [-0.25, -0.2) is 8.78 Å². The molecule has 2 heterocycles. The molecule has 2 aromatic carbocycles. The number of carbonyl (C=O) groups excluding carboxylic acids is 2. The van der Waals surface area contributed by atoms with Crippen molar-refractivity contribution in [2.75, 3.05) is 36.2 Å². The Morgan fingerprint density at radius 1 is 1.03 bits per heavy atom. The molecule has 10 nitrogen and oxygen atoms in total. The Kier molecular flexibility index (Phi) is 8.89. The van der Waals surface area contributed by atoms with Gasteiger partial charge in [0.1, 0.15) is 17.9 Å². The van der Waals surface area contributed by atoms with Crippen LogP contribution in [0.4, 0.5) is 20.2 Å². The van der Waals surface area contributed by atoms with Crippen LogP contribution in [0.5, 0.6) is 5.75 Å². The van der Waals surface area contributed by atoms with Crippen molar-refractivity contribution in [2.24, 2.45) is 5.73 Å². The molecular weight excluding hydrogens is 508 g/mol. The molecule has 206 valence electrons. The Labute approximate surface area is 224 Å². The molecule has 39 heavy (non-hydrogen) atoms. The Balaban J connectivity index is 1.36. The largest absolute Gasteiger partial charge is 0.434 e. The van der Waals surface area contributed by atoms with E-state index in [1.807, 2.05) is 6.07 Å². The monoisotopic (exact) mass is 539 g/mol. The average Bonchev–Trinajstić information content (AvgIpc) is 3.31. The van der Waals surface area contributed by atoms with E-state index in [0.717, 1.165) is 37.6 Å². The van der Waals surface area contributed by atoms with Gasteiger partial charge >= 0.3 is 0 Å². The summed E-state index contributed by atoms with van der Waals surface area (Å²) in [6.07, 6.45) is 3.07. The van der Waals surface area contributed by atoms with Gasteiger partial charge in [-0.1, -0.05) is 0 Å². The molecule has 0 bridgehead atoms. The third-order valence-corrected chi connectivity index (χ3v) is 6.33. The SMILES string of the molecule is CNn1ccc(CN2CCC(N)CC2)c1C(=N)Oc1ccc(NC(=O)CC(=O)Nc2ccc(F)cc2)cc1F. The van der Waals surface area contributed by atoms with Gasteiger partial charge < -0.3 is 26.5 Å². The van der Waals surface area contributed by atoms with E-state index in [1.165, 1.54) is 36.4 Å². The summed E-state index contributed by atoms with van der Waals surface area (Å²) < 4.78 is 35.1. The highest BCUT2D eigenvalue weighted by Crippen LogP contribution is 2.24.